The third-order valence-corrected chi connectivity index (χ3v) is 2.98. The largest absolute Gasteiger partial charge is 0.502 e. The van der Waals surface area contributed by atoms with E-state index in [1.54, 1.807) is 0 Å². The van der Waals surface area contributed by atoms with E-state index < -0.39 is 22.0 Å². The molecule has 0 aliphatic rings. The molecule has 0 spiro atoms. The smallest absolute Gasteiger partial charge is 0.271 e. The first-order valence-corrected chi connectivity index (χ1v) is 6.20. The summed E-state index contributed by atoms with van der Waals surface area (Å²) in [7, 11) is 0. The van der Waals surface area contributed by atoms with Gasteiger partial charge in [-0.3, -0.25) is 19.7 Å². The van der Waals surface area contributed by atoms with Gasteiger partial charge < -0.3 is 14.8 Å². The lowest BCUT2D eigenvalue weighted by Crippen LogP contribution is -2.23. The zero-order valence-electron chi connectivity index (χ0n) is 11.7. The minimum atomic E-state index is -0.857. The molecule has 2 rings (SSSR count). The fourth-order valence-corrected chi connectivity index (χ4v) is 1.92. The number of hydrogen-bond donors (Lipinski definition) is 2. The van der Waals surface area contributed by atoms with Crippen molar-refractivity contribution in [2.75, 3.05) is 5.32 Å². The third-order valence-electron chi connectivity index (χ3n) is 2.98. The summed E-state index contributed by atoms with van der Waals surface area (Å²) in [5.74, 6) is -1.41. The highest BCUT2D eigenvalue weighted by Gasteiger charge is 2.21. The molecule has 0 aliphatic carbocycles. The lowest BCUT2D eigenvalue weighted by molar-refractivity contribution is -0.384. The van der Waals surface area contributed by atoms with Crippen LogP contribution in [0.5, 0.6) is 5.75 Å². The van der Waals surface area contributed by atoms with Crippen LogP contribution in [0.25, 0.3) is 0 Å². The van der Waals surface area contributed by atoms with Crippen molar-refractivity contribution in [1.29, 1.82) is 0 Å². The fraction of sp³-hybridized carbons (Fsp3) is 0.143. The molecular weight excluding hydrogens is 292 g/mol. The van der Waals surface area contributed by atoms with Gasteiger partial charge in [-0.05, 0) is 19.9 Å². The molecule has 0 radical (unpaired) electrons. The zero-order chi connectivity index (χ0) is 16.4. The lowest BCUT2D eigenvalue weighted by atomic mass is 10.1. The second-order valence-corrected chi connectivity index (χ2v) is 4.53. The van der Waals surface area contributed by atoms with Crippen LogP contribution in [0, 0.1) is 24.0 Å². The molecule has 0 saturated carbocycles. The Morgan fingerprint density at radius 1 is 1.32 bits per heavy atom. The van der Waals surface area contributed by atoms with Crippen molar-refractivity contribution in [2.24, 2.45) is 0 Å². The maximum atomic E-state index is 12.1. The van der Waals surface area contributed by atoms with E-state index in [4.69, 9.17) is 4.42 Å². The number of hydrogen-bond acceptors (Lipinski definition) is 6. The normalized spacial score (nSPS) is 10.3. The van der Waals surface area contributed by atoms with Crippen LogP contribution in [0.15, 0.2) is 33.5 Å². The molecule has 8 heteroatoms. The van der Waals surface area contributed by atoms with E-state index in [0.717, 1.165) is 6.07 Å². The number of aryl methyl sites for hydroxylation is 2. The molecule has 2 N–H and O–H groups in total. The van der Waals surface area contributed by atoms with Crippen molar-refractivity contribution in [1.82, 2.24) is 0 Å². The van der Waals surface area contributed by atoms with E-state index in [1.807, 2.05) is 0 Å². The third kappa shape index (κ3) is 2.80. The molecule has 2 aromatic rings. The first-order chi connectivity index (χ1) is 10.3. The highest BCUT2D eigenvalue weighted by molar-refractivity contribution is 6.05. The van der Waals surface area contributed by atoms with Crippen LogP contribution in [0.1, 0.15) is 21.9 Å². The van der Waals surface area contributed by atoms with Crippen molar-refractivity contribution in [2.45, 2.75) is 13.8 Å². The number of amides is 1. The van der Waals surface area contributed by atoms with Crippen molar-refractivity contribution in [3.05, 3.63) is 61.7 Å². The van der Waals surface area contributed by atoms with Gasteiger partial charge in [-0.2, -0.15) is 0 Å². The van der Waals surface area contributed by atoms with E-state index in [9.17, 15) is 24.8 Å². The number of non-ortho nitro benzene ring substituents is 1. The van der Waals surface area contributed by atoms with Crippen LogP contribution in [-0.4, -0.2) is 15.9 Å². The average molecular weight is 304 g/mol. The number of benzene rings is 1. The Morgan fingerprint density at radius 3 is 2.64 bits per heavy atom. The first kappa shape index (κ1) is 15.2. The minimum absolute atomic E-state index is 0.00870. The summed E-state index contributed by atoms with van der Waals surface area (Å²) in [5.41, 5.74) is -1.26. The molecule has 1 amide bonds. The van der Waals surface area contributed by atoms with Crippen LogP contribution in [-0.2, 0) is 0 Å². The van der Waals surface area contributed by atoms with Crippen molar-refractivity contribution in [3.8, 4) is 5.75 Å². The SMILES string of the molecule is Cc1oc(C)c(C(=O)Nc2cccc([N+](=O)[O-])c2)c(=O)c1O. The summed E-state index contributed by atoms with van der Waals surface area (Å²) < 4.78 is 5.12. The Hall–Kier alpha value is -3.16. The highest BCUT2D eigenvalue weighted by atomic mass is 16.6. The van der Waals surface area contributed by atoms with E-state index in [0.29, 0.717) is 0 Å². The number of nitrogens with zero attached hydrogens (tertiary/aromatic N) is 1. The van der Waals surface area contributed by atoms with Crippen molar-refractivity contribution in [3.63, 3.8) is 0 Å². The van der Waals surface area contributed by atoms with Gasteiger partial charge in [0.05, 0.1) is 4.92 Å². The molecule has 8 nitrogen and oxygen atoms in total. The van der Waals surface area contributed by atoms with E-state index >= 15 is 0 Å². The number of carbonyl (C=O) groups excluding carboxylic acids is 1. The summed E-state index contributed by atoms with van der Waals surface area (Å²) in [6.07, 6.45) is 0. The van der Waals surface area contributed by atoms with Gasteiger partial charge in [-0.1, -0.05) is 6.07 Å². The molecule has 22 heavy (non-hydrogen) atoms. The number of rotatable bonds is 3. The summed E-state index contributed by atoms with van der Waals surface area (Å²) in [6.45, 7) is 2.81. The summed E-state index contributed by atoms with van der Waals surface area (Å²) in [5, 5.41) is 22.6. The highest BCUT2D eigenvalue weighted by Crippen LogP contribution is 2.19. The molecule has 0 unspecified atom stereocenters. The number of nitro benzene ring substituents is 1. The number of nitro groups is 1. The maximum absolute atomic E-state index is 12.1. The van der Waals surface area contributed by atoms with Gasteiger partial charge in [0, 0.05) is 17.8 Å². The molecular formula is C14H12N2O6. The molecule has 114 valence electrons. The Balaban J connectivity index is 2.39. The molecule has 0 aliphatic heterocycles. The van der Waals surface area contributed by atoms with Crippen LogP contribution in [0.4, 0.5) is 11.4 Å². The quantitative estimate of drug-likeness (QED) is 0.661. The van der Waals surface area contributed by atoms with Crippen LogP contribution in [0.3, 0.4) is 0 Å². The van der Waals surface area contributed by atoms with Crippen molar-refractivity contribution >= 4 is 17.3 Å². The van der Waals surface area contributed by atoms with Gasteiger partial charge >= 0.3 is 0 Å². The van der Waals surface area contributed by atoms with Gasteiger partial charge in [0.15, 0.2) is 0 Å². The van der Waals surface area contributed by atoms with Gasteiger partial charge in [0.1, 0.15) is 17.1 Å². The fourth-order valence-electron chi connectivity index (χ4n) is 1.92. The molecule has 0 atom stereocenters. The van der Waals surface area contributed by atoms with Gasteiger partial charge in [-0.25, -0.2) is 0 Å². The topological polar surface area (TPSA) is 123 Å². The molecule has 1 aromatic heterocycles. The molecule has 0 fully saturated rings. The van der Waals surface area contributed by atoms with Crippen molar-refractivity contribution < 1.29 is 19.2 Å². The standard InChI is InChI=1S/C14H12N2O6/c1-7-11(13(18)12(17)8(2)22-7)14(19)15-9-4-3-5-10(6-9)16(20)21/h3-6,17H,1-2H3,(H,15,19). The van der Waals surface area contributed by atoms with Gasteiger partial charge in [-0.15, -0.1) is 0 Å². The predicted octanol–water partition coefficient (Wildman–Crippen LogP) is 2.12. The Bertz CT molecular complexity index is 825. The Morgan fingerprint density at radius 2 is 2.00 bits per heavy atom. The van der Waals surface area contributed by atoms with Crippen LogP contribution < -0.4 is 10.7 Å². The Labute approximate surface area is 124 Å². The molecule has 0 bridgehead atoms. The van der Waals surface area contributed by atoms with Gasteiger partial charge in [0.2, 0.25) is 11.2 Å². The second kappa shape index (κ2) is 5.68. The second-order valence-electron chi connectivity index (χ2n) is 4.53. The number of carbonyl (C=O) groups is 1. The first-order valence-electron chi connectivity index (χ1n) is 6.20. The number of nitrogens with one attached hydrogen (secondary N) is 1. The minimum Gasteiger partial charge on any atom is -0.502 e. The maximum Gasteiger partial charge on any atom is 0.271 e. The predicted molar refractivity (Wildman–Crippen MR) is 77.2 cm³/mol. The van der Waals surface area contributed by atoms with Gasteiger partial charge in [0.25, 0.3) is 11.6 Å². The zero-order valence-corrected chi connectivity index (χ0v) is 11.7. The number of aromatic hydroxyl groups is 1. The summed E-state index contributed by atoms with van der Waals surface area (Å²) in [6, 6.07) is 5.27. The monoisotopic (exact) mass is 304 g/mol. The average Bonchev–Trinajstić information content (AvgIpc) is 2.45. The summed E-state index contributed by atoms with van der Waals surface area (Å²) >= 11 is 0. The van der Waals surface area contributed by atoms with Crippen LogP contribution in [0.2, 0.25) is 0 Å². The summed E-state index contributed by atoms with van der Waals surface area (Å²) in [4.78, 5) is 34.2. The molecule has 0 saturated heterocycles. The molecule has 1 aromatic carbocycles. The van der Waals surface area contributed by atoms with E-state index in [2.05, 4.69) is 5.32 Å². The van der Waals surface area contributed by atoms with E-state index in [1.165, 1.54) is 32.0 Å². The van der Waals surface area contributed by atoms with Crippen LogP contribution >= 0.6 is 0 Å². The number of anilines is 1. The van der Waals surface area contributed by atoms with E-state index in [-0.39, 0.29) is 28.5 Å². The lowest BCUT2D eigenvalue weighted by Gasteiger charge is -2.08. The Kier molecular flexibility index (Phi) is 3.93. The molecule has 1 heterocycles.